The Balaban J connectivity index is 2.29. The molecule has 1 aromatic carbocycles. The number of amides is 2. The van der Waals surface area contributed by atoms with Gasteiger partial charge in [-0.3, -0.25) is 4.79 Å². The second-order valence-corrected chi connectivity index (χ2v) is 3.94. The molecule has 2 amide bonds. The number of nitrogen functional groups attached to an aromatic ring is 1. The zero-order valence-corrected chi connectivity index (χ0v) is 10.2. The first kappa shape index (κ1) is 13.8. The zero-order valence-electron chi connectivity index (χ0n) is 10.2. The molecular formula is C12H17N3O3. The molecule has 0 bridgehead atoms. The molecule has 0 aliphatic carbocycles. The first-order chi connectivity index (χ1) is 8.50. The van der Waals surface area contributed by atoms with Gasteiger partial charge in [0, 0.05) is 31.4 Å². The first-order valence-electron chi connectivity index (χ1n) is 5.58. The van der Waals surface area contributed by atoms with Crippen LogP contribution in [-0.2, 0) is 0 Å². The van der Waals surface area contributed by atoms with Gasteiger partial charge in [-0.05, 0) is 30.7 Å². The second-order valence-electron chi connectivity index (χ2n) is 3.94. The summed E-state index contributed by atoms with van der Waals surface area (Å²) in [4.78, 5) is 23.3. The predicted octanol–water partition coefficient (Wildman–Crippen LogP) is 0.998. The van der Waals surface area contributed by atoms with E-state index in [0.717, 1.165) is 0 Å². The molecule has 0 aliphatic rings. The van der Waals surface area contributed by atoms with Gasteiger partial charge in [0.05, 0.1) is 0 Å². The first-order valence-corrected chi connectivity index (χ1v) is 5.58. The van der Waals surface area contributed by atoms with Gasteiger partial charge in [-0.15, -0.1) is 0 Å². The molecule has 0 saturated heterocycles. The largest absolute Gasteiger partial charge is 0.465 e. The molecule has 0 atom stereocenters. The highest BCUT2D eigenvalue weighted by atomic mass is 16.4. The number of carbonyl (C=O) groups excluding carboxylic acids is 1. The van der Waals surface area contributed by atoms with E-state index in [-0.39, 0.29) is 5.91 Å². The summed E-state index contributed by atoms with van der Waals surface area (Å²) in [5.74, 6) is -0.187. The fourth-order valence-corrected chi connectivity index (χ4v) is 1.35. The summed E-state index contributed by atoms with van der Waals surface area (Å²) in [6.07, 6.45) is -0.399. The van der Waals surface area contributed by atoms with Gasteiger partial charge in [0.25, 0.3) is 5.91 Å². The molecule has 1 rings (SSSR count). The van der Waals surface area contributed by atoms with Gasteiger partial charge in [0.2, 0.25) is 0 Å². The lowest BCUT2D eigenvalue weighted by Crippen LogP contribution is -2.30. The Bertz CT molecular complexity index is 417. The van der Waals surface area contributed by atoms with Crippen LogP contribution in [0.4, 0.5) is 10.5 Å². The summed E-state index contributed by atoms with van der Waals surface area (Å²) in [5.41, 5.74) is 6.66. The molecule has 4 N–H and O–H groups in total. The average molecular weight is 251 g/mol. The van der Waals surface area contributed by atoms with Crippen LogP contribution < -0.4 is 11.1 Å². The maximum atomic E-state index is 11.7. The number of hydrogen-bond donors (Lipinski definition) is 3. The van der Waals surface area contributed by atoms with E-state index in [2.05, 4.69) is 5.32 Å². The third-order valence-corrected chi connectivity index (χ3v) is 2.46. The highest BCUT2D eigenvalue weighted by molar-refractivity contribution is 5.94. The van der Waals surface area contributed by atoms with E-state index < -0.39 is 6.09 Å². The fraction of sp³-hybridized carbons (Fsp3) is 0.333. The summed E-state index contributed by atoms with van der Waals surface area (Å²) < 4.78 is 0. The maximum Gasteiger partial charge on any atom is 0.407 e. The van der Waals surface area contributed by atoms with Crippen molar-refractivity contribution in [2.75, 3.05) is 25.9 Å². The molecule has 0 aromatic heterocycles. The van der Waals surface area contributed by atoms with Crippen molar-refractivity contribution >= 4 is 17.7 Å². The van der Waals surface area contributed by atoms with E-state index >= 15 is 0 Å². The predicted molar refractivity (Wildman–Crippen MR) is 68.5 cm³/mol. The van der Waals surface area contributed by atoms with Crippen LogP contribution in [0, 0.1) is 0 Å². The van der Waals surface area contributed by atoms with Gasteiger partial charge in [0.15, 0.2) is 0 Å². The van der Waals surface area contributed by atoms with Gasteiger partial charge in [0.1, 0.15) is 0 Å². The minimum Gasteiger partial charge on any atom is -0.465 e. The number of anilines is 1. The summed E-state index contributed by atoms with van der Waals surface area (Å²) in [7, 11) is 1.49. The van der Waals surface area contributed by atoms with Crippen molar-refractivity contribution in [3.8, 4) is 0 Å². The molecule has 0 heterocycles. The molecule has 98 valence electrons. The van der Waals surface area contributed by atoms with Crippen molar-refractivity contribution in [3.05, 3.63) is 29.8 Å². The highest BCUT2D eigenvalue weighted by Crippen LogP contribution is 2.04. The summed E-state index contributed by atoms with van der Waals surface area (Å²) in [6.45, 7) is 0.818. The van der Waals surface area contributed by atoms with Crippen LogP contribution in [-0.4, -0.2) is 42.1 Å². The molecule has 18 heavy (non-hydrogen) atoms. The number of rotatable bonds is 5. The molecule has 6 heteroatoms. The molecule has 0 aliphatic heterocycles. The van der Waals surface area contributed by atoms with Gasteiger partial charge >= 0.3 is 6.09 Å². The van der Waals surface area contributed by atoms with Crippen molar-refractivity contribution in [1.29, 1.82) is 0 Å². The van der Waals surface area contributed by atoms with Crippen LogP contribution in [0.25, 0.3) is 0 Å². The number of carboxylic acid groups (broad SMARTS) is 1. The van der Waals surface area contributed by atoms with Gasteiger partial charge in [-0.1, -0.05) is 0 Å². The average Bonchev–Trinajstić information content (AvgIpc) is 2.34. The van der Waals surface area contributed by atoms with Gasteiger partial charge < -0.3 is 21.1 Å². The van der Waals surface area contributed by atoms with E-state index in [1.54, 1.807) is 24.3 Å². The number of benzene rings is 1. The normalized spacial score (nSPS) is 9.83. The molecule has 0 saturated carbocycles. The van der Waals surface area contributed by atoms with E-state index in [1.165, 1.54) is 11.9 Å². The van der Waals surface area contributed by atoms with Crippen LogP contribution in [0.5, 0.6) is 0 Å². The highest BCUT2D eigenvalue weighted by Gasteiger charge is 2.06. The molecule has 0 radical (unpaired) electrons. The zero-order chi connectivity index (χ0) is 13.5. The van der Waals surface area contributed by atoms with E-state index in [4.69, 9.17) is 10.8 Å². The Morgan fingerprint density at radius 1 is 1.33 bits per heavy atom. The SMILES string of the molecule is CN(CCCNC(=O)c1ccc(N)cc1)C(=O)O. The van der Waals surface area contributed by atoms with Crippen molar-refractivity contribution in [2.45, 2.75) is 6.42 Å². The monoisotopic (exact) mass is 251 g/mol. The van der Waals surface area contributed by atoms with Crippen molar-refractivity contribution in [3.63, 3.8) is 0 Å². The lowest BCUT2D eigenvalue weighted by molar-refractivity contribution is 0.0952. The Morgan fingerprint density at radius 3 is 2.50 bits per heavy atom. The Morgan fingerprint density at radius 2 is 1.94 bits per heavy atom. The topological polar surface area (TPSA) is 95.7 Å². The van der Waals surface area contributed by atoms with E-state index in [9.17, 15) is 9.59 Å². The van der Waals surface area contributed by atoms with Crippen LogP contribution in [0.1, 0.15) is 16.8 Å². The summed E-state index contributed by atoms with van der Waals surface area (Å²) in [6, 6.07) is 6.61. The van der Waals surface area contributed by atoms with Crippen LogP contribution in [0.15, 0.2) is 24.3 Å². The maximum absolute atomic E-state index is 11.7. The summed E-state index contributed by atoms with van der Waals surface area (Å²) >= 11 is 0. The number of nitrogens with two attached hydrogens (primary N) is 1. The smallest absolute Gasteiger partial charge is 0.407 e. The standard InChI is InChI=1S/C12H17N3O3/c1-15(12(17)18)8-2-7-14-11(16)9-3-5-10(13)6-4-9/h3-6H,2,7-8,13H2,1H3,(H,14,16)(H,17,18). The van der Waals surface area contributed by atoms with Crippen LogP contribution >= 0.6 is 0 Å². The lowest BCUT2D eigenvalue weighted by atomic mass is 10.2. The second kappa shape index (κ2) is 6.48. The molecular weight excluding hydrogens is 234 g/mol. The van der Waals surface area contributed by atoms with E-state index in [1.807, 2.05) is 0 Å². The molecule has 1 aromatic rings. The third-order valence-electron chi connectivity index (χ3n) is 2.46. The van der Waals surface area contributed by atoms with Crippen molar-refractivity contribution in [1.82, 2.24) is 10.2 Å². The van der Waals surface area contributed by atoms with Crippen molar-refractivity contribution in [2.24, 2.45) is 0 Å². The quantitative estimate of drug-likeness (QED) is 0.537. The van der Waals surface area contributed by atoms with E-state index in [0.29, 0.717) is 30.8 Å². The number of carbonyl (C=O) groups is 2. The summed E-state index contributed by atoms with van der Waals surface area (Å²) in [5, 5.41) is 11.3. The van der Waals surface area contributed by atoms with Gasteiger partial charge in [-0.2, -0.15) is 0 Å². The number of nitrogens with one attached hydrogen (secondary N) is 1. The Labute approximate surface area is 105 Å². The third kappa shape index (κ3) is 4.32. The molecule has 6 nitrogen and oxygen atoms in total. The van der Waals surface area contributed by atoms with Crippen LogP contribution in [0.3, 0.4) is 0 Å². The number of nitrogens with zero attached hydrogens (tertiary/aromatic N) is 1. The van der Waals surface area contributed by atoms with Gasteiger partial charge in [-0.25, -0.2) is 4.79 Å². The number of hydrogen-bond acceptors (Lipinski definition) is 3. The molecule has 0 unspecified atom stereocenters. The Hall–Kier alpha value is -2.24. The minimum absolute atomic E-state index is 0.187. The fourth-order valence-electron chi connectivity index (χ4n) is 1.35. The lowest BCUT2D eigenvalue weighted by Gasteiger charge is -2.12. The molecule has 0 spiro atoms. The minimum atomic E-state index is -0.972. The van der Waals surface area contributed by atoms with Crippen LogP contribution in [0.2, 0.25) is 0 Å². The molecule has 0 fully saturated rings. The van der Waals surface area contributed by atoms with Crippen molar-refractivity contribution < 1.29 is 14.7 Å². The Kier molecular flexibility index (Phi) is 4.98.